The zero-order valence-corrected chi connectivity index (χ0v) is 20.2. The molecule has 2 aliphatic rings. The van der Waals surface area contributed by atoms with E-state index in [1.807, 2.05) is 18.2 Å². The maximum atomic E-state index is 12.2. The maximum absolute atomic E-state index is 12.2. The molecule has 0 saturated heterocycles. The first-order valence-corrected chi connectivity index (χ1v) is 12.4. The van der Waals surface area contributed by atoms with Gasteiger partial charge in [-0.25, -0.2) is 8.42 Å². The molecule has 0 radical (unpaired) electrons. The van der Waals surface area contributed by atoms with Gasteiger partial charge in [0.15, 0.2) is 10.6 Å². The number of nitrogens with zero attached hydrogens (tertiary/aromatic N) is 2. The van der Waals surface area contributed by atoms with Crippen LogP contribution in [-0.4, -0.2) is 35.1 Å². The number of hydrogen-bond donors (Lipinski definition) is 0. The van der Waals surface area contributed by atoms with Crippen LogP contribution >= 0.6 is 23.4 Å². The van der Waals surface area contributed by atoms with Crippen LogP contribution in [0.25, 0.3) is 0 Å². The molecule has 2 heterocycles. The molecule has 4 rings (SSSR count). The Morgan fingerprint density at radius 3 is 2.00 bits per heavy atom. The fraction of sp³-hybridized carbons (Fsp3) is 0.364. The first-order chi connectivity index (χ1) is 14.5. The van der Waals surface area contributed by atoms with Gasteiger partial charge in [0.25, 0.3) is 0 Å². The van der Waals surface area contributed by atoms with Gasteiger partial charge in [-0.15, -0.1) is 11.6 Å². The van der Waals surface area contributed by atoms with Crippen LogP contribution in [0.4, 0.5) is 0 Å². The summed E-state index contributed by atoms with van der Waals surface area (Å²) in [7, 11) is -3.67. The number of alkyl halides is 1. The van der Waals surface area contributed by atoms with Crippen LogP contribution < -0.4 is 0 Å². The van der Waals surface area contributed by atoms with Crippen LogP contribution in [0.3, 0.4) is 0 Å². The Morgan fingerprint density at radius 1 is 0.935 bits per heavy atom. The quantitative estimate of drug-likeness (QED) is 0.532. The smallest absolute Gasteiger partial charge is 0.224 e. The van der Waals surface area contributed by atoms with Crippen molar-refractivity contribution in [3.63, 3.8) is 0 Å². The first kappa shape index (κ1) is 23.6. The van der Waals surface area contributed by atoms with Gasteiger partial charge in [-0.05, 0) is 52.0 Å². The molecule has 9 heteroatoms. The van der Waals surface area contributed by atoms with Crippen molar-refractivity contribution in [3.8, 4) is 0 Å². The predicted molar refractivity (Wildman–Crippen MR) is 125 cm³/mol. The zero-order valence-electron chi connectivity index (χ0n) is 17.8. The summed E-state index contributed by atoms with van der Waals surface area (Å²) in [5, 5.41) is 7.82. The average Bonchev–Trinajstić information content (AvgIpc) is 3.21. The minimum atomic E-state index is -3.67. The molecule has 0 bridgehead atoms. The molecule has 1 unspecified atom stereocenters. The van der Waals surface area contributed by atoms with Crippen molar-refractivity contribution in [2.24, 2.45) is 10.3 Å². The van der Waals surface area contributed by atoms with Gasteiger partial charge in [-0.3, -0.25) is 0 Å². The van der Waals surface area contributed by atoms with Crippen molar-refractivity contribution in [1.29, 1.82) is 0 Å². The SMILES string of the molecule is CC1(C)CC(Sc2ccccc2)=NO1.CC1(C)ON=C(S(=O)(=O)c2ccccc2)C1Cl. The van der Waals surface area contributed by atoms with Gasteiger partial charge < -0.3 is 9.68 Å². The average molecular weight is 481 g/mol. The number of oxime groups is 2. The molecule has 2 aromatic carbocycles. The van der Waals surface area contributed by atoms with E-state index in [9.17, 15) is 8.42 Å². The van der Waals surface area contributed by atoms with E-state index < -0.39 is 20.8 Å². The highest BCUT2D eigenvalue weighted by Gasteiger charge is 2.46. The van der Waals surface area contributed by atoms with Crippen molar-refractivity contribution in [2.45, 2.75) is 60.5 Å². The van der Waals surface area contributed by atoms with Crippen LogP contribution in [0.2, 0.25) is 0 Å². The Balaban J connectivity index is 0.000000179. The highest BCUT2D eigenvalue weighted by atomic mass is 35.5. The highest BCUT2D eigenvalue weighted by molar-refractivity contribution is 8.14. The van der Waals surface area contributed by atoms with Gasteiger partial charge in [0, 0.05) is 11.3 Å². The zero-order chi connectivity index (χ0) is 22.7. The lowest BCUT2D eigenvalue weighted by atomic mass is 10.1. The molecule has 0 saturated carbocycles. The van der Waals surface area contributed by atoms with Crippen molar-refractivity contribution < 1.29 is 18.1 Å². The van der Waals surface area contributed by atoms with Crippen molar-refractivity contribution in [1.82, 2.24) is 0 Å². The Bertz CT molecular complexity index is 1070. The normalized spacial score (nSPS) is 21.1. The predicted octanol–water partition coefficient (Wildman–Crippen LogP) is 5.48. The number of thioether (sulfide) groups is 1. The molecule has 166 valence electrons. The lowest BCUT2D eigenvalue weighted by Crippen LogP contribution is -2.36. The van der Waals surface area contributed by atoms with Gasteiger partial charge in [-0.1, -0.05) is 58.5 Å². The molecule has 2 aliphatic heterocycles. The molecule has 0 spiro atoms. The van der Waals surface area contributed by atoms with Gasteiger partial charge in [0.05, 0.1) is 4.90 Å². The molecule has 31 heavy (non-hydrogen) atoms. The third kappa shape index (κ3) is 5.81. The summed E-state index contributed by atoms with van der Waals surface area (Å²) in [6.45, 7) is 7.49. The van der Waals surface area contributed by atoms with Crippen molar-refractivity contribution >= 4 is 43.3 Å². The summed E-state index contributed by atoms with van der Waals surface area (Å²) < 4.78 is 24.5. The Morgan fingerprint density at radius 2 is 1.52 bits per heavy atom. The Hall–Kier alpha value is -2.03. The van der Waals surface area contributed by atoms with Gasteiger partial charge in [0.2, 0.25) is 9.84 Å². The molecular formula is C22H25ClN2O4S2. The number of hydrogen-bond acceptors (Lipinski definition) is 7. The molecule has 1 atom stereocenters. The number of halogens is 1. The van der Waals surface area contributed by atoms with Gasteiger partial charge >= 0.3 is 0 Å². The van der Waals surface area contributed by atoms with E-state index in [0.717, 1.165) is 11.5 Å². The van der Waals surface area contributed by atoms with Crippen LogP contribution in [0.15, 0.2) is 80.8 Å². The fourth-order valence-electron chi connectivity index (χ4n) is 2.74. The molecule has 0 N–H and O–H groups in total. The maximum Gasteiger partial charge on any atom is 0.224 e. The number of rotatable bonds is 2. The largest absolute Gasteiger partial charge is 0.389 e. The molecular weight excluding hydrogens is 456 g/mol. The summed E-state index contributed by atoms with van der Waals surface area (Å²) in [6, 6.07) is 18.3. The van der Waals surface area contributed by atoms with Crippen molar-refractivity contribution in [2.75, 3.05) is 0 Å². The Labute approximate surface area is 192 Å². The van der Waals surface area contributed by atoms with E-state index in [-0.39, 0.29) is 15.5 Å². The van der Waals surface area contributed by atoms with Crippen molar-refractivity contribution in [3.05, 3.63) is 60.7 Å². The first-order valence-electron chi connectivity index (χ1n) is 9.69. The monoisotopic (exact) mass is 480 g/mol. The topological polar surface area (TPSA) is 77.3 Å². The van der Waals surface area contributed by atoms with Crippen LogP contribution in [0.1, 0.15) is 34.1 Å². The third-order valence-electron chi connectivity index (χ3n) is 4.48. The lowest BCUT2D eigenvalue weighted by Gasteiger charge is -2.19. The fourth-order valence-corrected chi connectivity index (χ4v) is 5.68. The van der Waals surface area contributed by atoms with E-state index in [4.69, 9.17) is 21.3 Å². The summed E-state index contributed by atoms with van der Waals surface area (Å²) in [5.74, 6) is 0. The Kier molecular flexibility index (Phi) is 7.03. The second-order valence-electron chi connectivity index (χ2n) is 8.23. The summed E-state index contributed by atoms with van der Waals surface area (Å²) in [6.07, 6.45) is 0.895. The second-order valence-corrected chi connectivity index (χ2v) is 11.7. The lowest BCUT2D eigenvalue weighted by molar-refractivity contribution is 0.0123. The van der Waals surface area contributed by atoms with E-state index in [1.54, 1.807) is 43.8 Å². The number of benzene rings is 2. The minimum Gasteiger partial charge on any atom is -0.389 e. The molecule has 0 amide bonds. The molecule has 2 aromatic rings. The summed E-state index contributed by atoms with van der Waals surface area (Å²) >= 11 is 7.75. The molecule has 6 nitrogen and oxygen atoms in total. The second kappa shape index (κ2) is 9.22. The molecule has 0 aliphatic carbocycles. The van der Waals surface area contributed by atoms with E-state index >= 15 is 0 Å². The van der Waals surface area contributed by atoms with Crippen LogP contribution in [0, 0.1) is 0 Å². The van der Waals surface area contributed by atoms with Gasteiger partial charge in [0.1, 0.15) is 16.0 Å². The standard InChI is InChI=1S/C11H12ClNO3S.C11H13NOS/c1-11(2)9(12)10(13-16-11)17(14,15)8-6-4-3-5-7-8;1-11(2)8-10(12-13-11)14-9-6-4-3-5-7-9/h3-7,9H,1-2H3;3-7H,8H2,1-2H3. The number of sulfone groups is 1. The van der Waals surface area contributed by atoms with E-state index in [1.165, 1.54) is 17.0 Å². The summed E-state index contributed by atoms with van der Waals surface area (Å²) in [4.78, 5) is 11.7. The molecule has 0 aromatic heterocycles. The third-order valence-corrected chi connectivity index (χ3v) is 8.05. The van der Waals surface area contributed by atoms with Crippen LogP contribution in [-0.2, 0) is 19.5 Å². The highest BCUT2D eigenvalue weighted by Crippen LogP contribution is 2.32. The van der Waals surface area contributed by atoms with E-state index in [2.05, 4.69) is 36.3 Å². The van der Waals surface area contributed by atoms with Crippen LogP contribution in [0.5, 0.6) is 0 Å². The molecule has 0 fully saturated rings. The van der Waals surface area contributed by atoms with Gasteiger partial charge in [-0.2, -0.15) is 0 Å². The summed E-state index contributed by atoms with van der Waals surface area (Å²) in [5.41, 5.74) is -0.935. The minimum absolute atomic E-state index is 0.128. The van der Waals surface area contributed by atoms with E-state index in [0.29, 0.717) is 0 Å².